The summed E-state index contributed by atoms with van der Waals surface area (Å²) in [4.78, 5) is 0. The number of hydrogen-bond acceptors (Lipinski definition) is 5. The summed E-state index contributed by atoms with van der Waals surface area (Å²) in [5.41, 5.74) is 3.08. The Morgan fingerprint density at radius 2 is 2.15 bits per heavy atom. The minimum atomic E-state index is -3.01. The van der Waals surface area contributed by atoms with Gasteiger partial charge in [-0.3, -0.25) is 5.43 Å². The molecule has 0 amide bonds. The first-order chi connectivity index (χ1) is 6.08. The van der Waals surface area contributed by atoms with Crippen LogP contribution < -0.4 is 5.43 Å². The minimum Gasteiger partial charge on any atom is -0.390 e. The topological polar surface area (TPSA) is 69.6 Å². The molecule has 2 N–H and O–H groups in total. The van der Waals surface area contributed by atoms with Crippen LogP contribution in [0.1, 0.15) is 6.42 Å². The number of aliphatic hydroxyl groups is 1. The number of aliphatic hydroxyl groups excluding tert-OH is 1. The first-order valence-electron chi connectivity index (χ1n) is 4.47. The molecule has 0 aromatic carbocycles. The van der Waals surface area contributed by atoms with Gasteiger partial charge in [-0.2, -0.15) is 0 Å². The molecule has 2 heterocycles. The van der Waals surface area contributed by atoms with Crippen LogP contribution in [0.3, 0.4) is 0 Å². The Kier molecular flexibility index (Phi) is 2.31. The van der Waals surface area contributed by atoms with Crippen molar-refractivity contribution in [2.75, 3.05) is 24.6 Å². The van der Waals surface area contributed by atoms with Gasteiger partial charge in [-0.05, 0) is 6.42 Å². The van der Waals surface area contributed by atoms with Crippen molar-refractivity contribution >= 4 is 9.84 Å². The zero-order valence-corrected chi connectivity index (χ0v) is 8.13. The van der Waals surface area contributed by atoms with E-state index < -0.39 is 15.9 Å². The number of hydrogen-bond donors (Lipinski definition) is 2. The Morgan fingerprint density at radius 3 is 2.62 bits per heavy atom. The number of nitrogens with one attached hydrogen (secondary N) is 1. The van der Waals surface area contributed by atoms with Crippen LogP contribution in [0.4, 0.5) is 0 Å². The van der Waals surface area contributed by atoms with Gasteiger partial charge in [0.05, 0.1) is 23.7 Å². The first kappa shape index (κ1) is 9.39. The predicted octanol–water partition coefficient (Wildman–Crippen LogP) is -1.65. The maximum absolute atomic E-state index is 11.2. The van der Waals surface area contributed by atoms with Gasteiger partial charge < -0.3 is 5.11 Å². The van der Waals surface area contributed by atoms with Crippen molar-refractivity contribution in [1.29, 1.82) is 0 Å². The fourth-order valence-corrected chi connectivity index (χ4v) is 3.74. The molecule has 2 atom stereocenters. The second-order valence-electron chi connectivity index (χ2n) is 3.67. The zero-order valence-electron chi connectivity index (χ0n) is 7.31. The molecule has 2 fully saturated rings. The molecular weight excluding hydrogens is 192 g/mol. The van der Waals surface area contributed by atoms with Crippen molar-refractivity contribution in [1.82, 2.24) is 10.4 Å². The second-order valence-corrected chi connectivity index (χ2v) is 5.82. The summed E-state index contributed by atoms with van der Waals surface area (Å²) < 4.78 is 22.4. The van der Waals surface area contributed by atoms with Crippen LogP contribution in [0.2, 0.25) is 0 Å². The van der Waals surface area contributed by atoms with Gasteiger partial charge in [0.15, 0.2) is 9.84 Å². The Balaban J connectivity index is 2.08. The van der Waals surface area contributed by atoms with E-state index in [-0.39, 0.29) is 17.5 Å². The van der Waals surface area contributed by atoms with Gasteiger partial charge in [0, 0.05) is 13.1 Å². The van der Waals surface area contributed by atoms with E-state index in [0.717, 1.165) is 19.5 Å². The Hall–Kier alpha value is -0.170. The van der Waals surface area contributed by atoms with E-state index in [4.69, 9.17) is 0 Å². The third kappa shape index (κ3) is 1.85. The maximum Gasteiger partial charge on any atom is 0.154 e. The molecule has 0 aromatic rings. The summed E-state index contributed by atoms with van der Waals surface area (Å²) in [7, 11) is -3.01. The third-order valence-electron chi connectivity index (χ3n) is 2.58. The average Bonchev–Trinajstić information content (AvgIpc) is 2.56. The van der Waals surface area contributed by atoms with Crippen LogP contribution in [0, 0.1) is 0 Å². The highest BCUT2D eigenvalue weighted by Crippen LogP contribution is 2.18. The van der Waals surface area contributed by atoms with E-state index in [1.54, 1.807) is 0 Å². The lowest BCUT2D eigenvalue weighted by molar-refractivity contribution is 0.0715. The molecule has 2 rings (SSSR count). The predicted molar refractivity (Wildman–Crippen MR) is 47.8 cm³/mol. The molecule has 0 saturated carbocycles. The van der Waals surface area contributed by atoms with E-state index in [1.807, 2.05) is 5.01 Å². The largest absolute Gasteiger partial charge is 0.390 e. The molecule has 0 aliphatic carbocycles. The van der Waals surface area contributed by atoms with Gasteiger partial charge in [-0.1, -0.05) is 0 Å². The van der Waals surface area contributed by atoms with Crippen molar-refractivity contribution in [2.45, 2.75) is 18.6 Å². The molecule has 2 aliphatic heterocycles. The lowest BCUT2D eigenvalue weighted by Gasteiger charge is -2.24. The monoisotopic (exact) mass is 206 g/mol. The zero-order chi connectivity index (χ0) is 9.47. The molecule has 5 nitrogen and oxygen atoms in total. The summed E-state index contributed by atoms with van der Waals surface area (Å²) >= 11 is 0. The SMILES string of the molecule is O=S1(=O)CC(O)C(N2CCCN2)C1. The standard InChI is InChI=1S/C7H14N2O3S/c10-7-5-13(11,12)4-6(7)9-3-1-2-8-9/h6-8,10H,1-5H2. The third-order valence-corrected chi connectivity index (χ3v) is 4.28. The van der Waals surface area contributed by atoms with Crippen molar-refractivity contribution in [2.24, 2.45) is 0 Å². The molecule has 13 heavy (non-hydrogen) atoms. The Morgan fingerprint density at radius 1 is 1.38 bits per heavy atom. The van der Waals surface area contributed by atoms with Crippen molar-refractivity contribution in [3.05, 3.63) is 0 Å². The van der Waals surface area contributed by atoms with Crippen LogP contribution in [-0.4, -0.2) is 55.3 Å². The summed E-state index contributed by atoms with van der Waals surface area (Å²) in [6.07, 6.45) is 0.291. The van der Waals surface area contributed by atoms with Crippen LogP contribution in [0.5, 0.6) is 0 Å². The second kappa shape index (κ2) is 3.20. The normalized spacial score (nSPS) is 39.8. The molecule has 2 saturated heterocycles. The van der Waals surface area contributed by atoms with Gasteiger partial charge in [-0.25, -0.2) is 13.4 Å². The van der Waals surface area contributed by atoms with Crippen molar-refractivity contribution in [3.8, 4) is 0 Å². The number of sulfone groups is 1. The van der Waals surface area contributed by atoms with Crippen LogP contribution in [0.25, 0.3) is 0 Å². The highest BCUT2D eigenvalue weighted by molar-refractivity contribution is 7.91. The quantitative estimate of drug-likeness (QED) is 0.538. The summed E-state index contributed by atoms with van der Waals surface area (Å²) in [6, 6.07) is -0.243. The highest BCUT2D eigenvalue weighted by atomic mass is 32.2. The lowest BCUT2D eigenvalue weighted by atomic mass is 10.2. The molecular formula is C7H14N2O3S. The number of hydrazine groups is 1. The summed E-state index contributed by atoms with van der Waals surface area (Å²) in [5.74, 6) is -0.00296. The molecule has 0 spiro atoms. The van der Waals surface area contributed by atoms with Gasteiger partial charge in [-0.15, -0.1) is 0 Å². The number of rotatable bonds is 1. The molecule has 76 valence electrons. The Labute approximate surface area is 77.6 Å². The fraction of sp³-hybridized carbons (Fsp3) is 1.00. The van der Waals surface area contributed by atoms with E-state index in [9.17, 15) is 13.5 Å². The molecule has 0 bridgehead atoms. The first-order valence-corrected chi connectivity index (χ1v) is 6.29. The number of nitrogens with zero attached hydrogens (tertiary/aromatic N) is 1. The van der Waals surface area contributed by atoms with Crippen molar-refractivity contribution < 1.29 is 13.5 Å². The van der Waals surface area contributed by atoms with Crippen molar-refractivity contribution in [3.63, 3.8) is 0 Å². The van der Waals surface area contributed by atoms with Crippen LogP contribution in [-0.2, 0) is 9.84 Å². The Bertz CT molecular complexity index is 284. The van der Waals surface area contributed by atoms with Gasteiger partial charge in [0.25, 0.3) is 0 Å². The molecule has 6 heteroatoms. The minimum absolute atomic E-state index is 0.0845. The van der Waals surface area contributed by atoms with Crippen LogP contribution >= 0.6 is 0 Å². The molecule has 0 radical (unpaired) electrons. The van der Waals surface area contributed by atoms with E-state index in [2.05, 4.69) is 5.43 Å². The average molecular weight is 206 g/mol. The van der Waals surface area contributed by atoms with E-state index >= 15 is 0 Å². The summed E-state index contributed by atoms with van der Waals surface area (Å²) in [6.45, 7) is 1.71. The van der Waals surface area contributed by atoms with E-state index in [0.29, 0.717) is 0 Å². The molecule has 2 aliphatic rings. The lowest BCUT2D eigenvalue weighted by Crippen LogP contribution is -2.46. The molecule has 2 unspecified atom stereocenters. The maximum atomic E-state index is 11.2. The summed E-state index contributed by atoms with van der Waals surface area (Å²) in [5, 5.41) is 11.4. The van der Waals surface area contributed by atoms with Gasteiger partial charge in [0.1, 0.15) is 0 Å². The van der Waals surface area contributed by atoms with E-state index in [1.165, 1.54) is 0 Å². The van der Waals surface area contributed by atoms with Gasteiger partial charge >= 0.3 is 0 Å². The van der Waals surface area contributed by atoms with Crippen LogP contribution in [0.15, 0.2) is 0 Å². The highest BCUT2D eigenvalue weighted by Gasteiger charge is 2.40. The fourth-order valence-electron chi connectivity index (χ4n) is 1.94. The van der Waals surface area contributed by atoms with Gasteiger partial charge in [0.2, 0.25) is 0 Å². The smallest absolute Gasteiger partial charge is 0.154 e. The molecule has 0 aromatic heterocycles.